The van der Waals surface area contributed by atoms with E-state index in [1.807, 2.05) is 29.9 Å². The minimum atomic E-state index is -4.04. The second-order valence-electron chi connectivity index (χ2n) is 7.31. The van der Waals surface area contributed by atoms with Crippen molar-refractivity contribution in [3.05, 3.63) is 58.4 Å². The van der Waals surface area contributed by atoms with Gasteiger partial charge < -0.3 is 14.2 Å². The number of aryl methyl sites for hydroxylation is 1. The predicted octanol–water partition coefficient (Wildman–Crippen LogP) is 2.01. The number of nitro benzene ring substituents is 1. The van der Waals surface area contributed by atoms with E-state index in [2.05, 4.69) is 0 Å². The third kappa shape index (κ3) is 6.12. The maximum atomic E-state index is 13.2. The highest BCUT2D eigenvalue weighted by Gasteiger charge is 2.31. The highest BCUT2D eigenvalue weighted by molar-refractivity contribution is 7.89. The summed E-state index contributed by atoms with van der Waals surface area (Å²) < 4.78 is 34.4. The summed E-state index contributed by atoms with van der Waals surface area (Å²) in [7, 11) is -0.634. The first-order valence-corrected chi connectivity index (χ1v) is 11.1. The summed E-state index contributed by atoms with van der Waals surface area (Å²) in [5.41, 5.74) is 0.693. The molecule has 1 aromatic carbocycles. The first-order valence-electron chi connectivity index (χ1n) is 9.71. The number of hydrogen-bond acceptors (Lipinski definition) is 6. The lowest BCUT2D eigenvalue weighted by Crippen LogP contribution is -2.46. The monoisotopic (exact) mass is 452 g/mol. The fourth-order valence-electron chi connectivity index (χ4n) is 3.00. The summed E-state index contributed by atoms with van der Waals surface area (Å²) in [6, 6.07) is 7.89. The maximum absolute atomic E-state index is 13.2. The van der Waals surface area contributed by atoms with Gasteiger partial charge in [-0.15, -0.1) is 0 Å². The highest BCUT2D eigenvalue weighted by Crippen LogP contribution is 2.21. The number of non-ortho nitro benzene ring substituents is 1. The number of ether oxygens (including phenoxy) is 1. The zero-order valence-corrected chi connectivity index (χ0v) is 18.9. The number of nitrogens with zero attached hydrogens (tertiary/aromatic N) is 4. The van der Waals surface area contributed by atoms with E-state index in [4.69, 9.17) is 4.74 Å². The number of nitro groups is 1. The molecule has 10 nitrogen and oxygen atoms in total. The van der Waals surface area contributed by atoms with Gasteiger partial charge >= 0.3 is 0 Å². The second kappa shape index (κ2) is 10.5. The van der Waals surface area contributed by atoms with Gasteiger partial charge in [-0.3, -0.25) is 14.9 Å². The molecule has 0 radical (unpaired) electrons. The first kappa shape index (κ1) is 24.5. The standard InChI is InChI=1S/C20H28N4O6S/c1-16(2)23(31(28,29)19-9-7-17(8-10-19)24(26)27)15-20(25)22(12-13-30-4)14-18-6-5-11-21(18)3/h5-11,16H,12-15H2,1-4H3. The number of sulfonamides is 1. The zero-order valence-electron chi connectivity index (χ0n) is 18.1. The number of amides is 1. The van der Waals surface area contributed by atoms with Gasteiger partial charge in [0.2, 0.25) is 15.9 Å². The Morgan fingerprint density at radius 3 is 2.35 bits per heavy atom. The van der Waals surface area contributed by atoms with Crippen LogP contribution in [0.3, 0.4) is 0 Å². The molecule has 0 spiro atoms. The van der Waals surface area contributed by atoms with E-state index in [0.717, 1.165) is 22.1 Å². The minimum Gasteiger partial charge on any atom is -0.383 e. The quantitative estimate of drug-likeness (QED) is 0.380. The molecule has 0 unspecified atom stereocenters. The minimum absolute atomic E-state index is 0.106. The van der Waals surface area contributed by atoms with Gasteiger partial charge in [0.1, 0.15) is 0 Å². The van der Waals surface area contributed by atoms with Crippen LogP contribution in [-0.2, 0) is 33.1 Å². The molecule has 0 aliphatic rings. The molecular formula is C20H28N4O6S. The molecule has 31 heavy (non-hydrogen) atoms. The topological polar surface area (TPSA) is 115 Å². The van der Waals surface area contributed by atoms with Crippen molar-refractivity contribution in [2.45, 2.75) is 31.3 Å². The molecule has 0 saturated heterocycles. The Morgan fingerprint density at radius 1 is 1.23 bits per heavy atom. The summed E-state index contributed by atoms with van der Waals surface area (Å²) in [4.78, 5) is 24.8. The summed E-state index contributed by atoms with van der Waals surface area (Å²) in [6.07, 6.45) is 1.87. The van der Waals surface area contributed by atoms with Crippen LogP contribution in [-0.4, -0.2) is 65.9 Å². The molecule has 0 N–H and O–H groups in total. The number of hydrogen-bond donors (Lipinski definition) is 0. The predicted molar refractivity (Wildman–Crippen MR) is 115 cm³/mol. The first-order chi connectivity index (χ1) is 14.6. The number of benzene rings is 1. The Balaban J connectivity index is 2.26. The summed E-state index contributed by atoms with van der Waals surface area (Å²) in [5.74, 6) is -0.363. The van der Waals surface area contributed by atoms with Crippen LogP contribution in [0.5, 0.6) is 0 Å². The van der Waals surface area contributed by atoms with Gasteiger partial charge in [-0.25, -0.2) is 8.42 Å². The van der Waals surface area contributed by atoms with Crippen molar-refractivity contribution in [3.63, 3.8) is 0 Å². The van der Waals surface area contributed by atoms with E-state index < -0.39 is 21.0 Å². The zero-order chi connectivity index (χ0) is 23.2. The van der Waals surface area contributed by atoms with Crippen molar-refractivity contribution >= 4 is 21.6 Å². The molecule has 0 saturated carbocycles. The number of carbonyl (C=O) groups excluding carboxylic acids is 1. The lowest BCUT2D eigenvalue weighted by Gasteiger charge is -2.29. The Kier molecular flexibility index (Phi) is 8.31. The van der Waals surface area contributed by atoms with Crippen LogP contribution >= 0.6 is 0 Å². The van der Waals surface area contributed by atoms with Gasteiger partial charge in [0.05, 0.1) is 29.5 Å². The van der Waals surface area contributed by atoms with Crippen molar-refractivity contribution in [2.75, 3.05) is 26.8 Å². The van der Waals surface area contributed by atoms with Gasteiger partial charge in [0, 0.05) is 50.8 Å². The van der Waals surface area contributed by atoms with Crippen LogP contribution < -0.4 is 0 Å². The fourth-order valence-corrected chi connectivity index (χ4v) is 4.59. The molecule has 170 valence electrons. The van der Waals surface area contributed by atoms with Crippen molar-refractivity contribution < 1.29 is 22.9 Å². The number of rotatable bonds is 11. The number of carbonyl (C=O) groups is 1. The van der Waals surface area contributed by atoms with E-state index in [0.29, 0.717) is 19.7 Å². The molecule has 2 aromatic rings. The van der Waals surface area contributed by atoms with E-state index >= 15 is 0 Å². The van der Waals surface area contributed by atoms with Crippen molar-refractivity contribution in [1.82, 2.24) is 13.8 Å². The van der Waals surface area contributed by atoms with Gasteiger partial charge in [0.15, 0.2) is 0 Å². The summed E-state index contributed by atoms with van der Waals surface area (Å²) in [5, 5.41) is 10.8. The van der Waals surface area contributed by atoms with Crippen molar-refractivity contribution in [2.24, 2.45) is 7.05 Å². The second-order valence-corrected chi connectivity index (χ2v) is 9.20. The van der Waals surface area contributed by atoms with E-state index in [-0.39, 0.29) is 23.0 Å². The number of aromatic nitrogens is 1. The van der Waals surface area contributed by atoms with Crippen LogP contribution in [0.25, 0.3) is 0 Å². The Hall–Kier alpha value is -2.76. The van der Waals surface area contributed by atoms with Crippen molar-refractivity contribution in [1.29, 1.82) is 0 Å². The lowest BCUT2D eigenvalue weighted by atomic mass is 10.3. The molecule has 1 amide bonds. The molecule has 1 heterocycles. The maximum Gasteiger partial charge on any atom is 0.269 e. The average Bonchev–Trinajstić information content (AvgIpc) is 3.13. The van der Waals surface area contributed by atoms with Crippen LogP contribution in [0.1, 0.15) is 19.5 Å². The highest BCUT2D eigenvalue weighted by atomic mass is 32.2. The van der Waals surface area contributed by atoms with Crippen LogP contribution in [0.4, 0.5) is 5.69 Å². The molecule has 0 fully saturated rings. The van der Waals surface area contributed by atoms with Crippen LogP contribution in [0.2, 0.25) is 0 Å². The Bertz CT molecular complexity index is 1000. The van der Waals surface area contributed by atoms with Crippen molar-refractivity contribution in [3.8, 4) is 0 Å². The fraction of sp³-hybridized carbons (Fsp3) is 0.450. The summed E-state index contributed by atoms with van der Waals surface area (Å²) in [6.45, 7) is 3.93. The molecule has 1 aromatic heterocycles. The molecule has 2 rings (SSSR count). The van der Waals surface area contributed by atoms with E-state index in [9.17, 15) is 23.3 Å². The normalized spacial score (nSPS) is 11.8. The third-order valence-electron chi connectivity index (χ3n) is 4.84. The molecular weight excluding hydrogens is 424 g/mol. The molecule has 0 atom stereocenters. The SMILES string of the molecule is COCCN(Cc1cccn1C)C(=O)CN(C(C)C)S(=O)(=O)c1ccc([N+](=O)[O-])cc1. The molecule has 0 aliphatic heterocycles. The van der Waals surface area contributed by atoms with Crippen LogP contribution in [0.15, 0.2) is 47.5 Å². The molecule has 0 aliphatic carbocycles. The number of methoxy groups -OCH3 is 1. The summed E-state index contributed by atoms with van der Waals surface area (Å²) >= 11 is 0. The van der Waals surface area contributed by atoms with Gasteiger partial charge in [0.25, 0.3) is 5.69 Å². The molecule has 11 heteroatoms. The van der Waals surface area contributed by atoms with E-state index in [1.54, 1.807) is 18.7 Å². The average molecular weight is 453 g/mol. The van der Waals surface area contributed by atoms with Gasteiger partial charge in [-0.05, 0) is 38.1 Å². The van der Waals surface area contributed by atoms with Crippen LogP contribution in [0, 0.1) is 10.1 Å². The lowest BCUT2D eigenvalue weighted by molar-refractivity contribution is -0.384. The Labute approximate surface area is 182 Å². The largest absolute Gasteiger partial charge is 0.383 e. The third-order valence-corrected chi connectivity index (χ3v) is 6.88. The van der Waals surface area contributed by atoms with Gasteiger partial charge in [-0.1, -0.05) is 0 Å². The Morgan fingerprint density at radius 2 is 1.87 bits per heavy atom. The molecule has 0 bridgehead atoms. The smallest absolute Gasteiger partial charge is 0.269 e. The van der Waals surface area contributed by atoms with E-state index in [1.165, 1.54) is 19.2 Å². The van der Waals surface area contributed by atoms with Gasteiger partial charge in [-0.2, -0.15) is 4.31 Å².